The summed E-state index contributed by atoms with van der Waals surface area (Å²) in [4.78, 5) is 31.5. The molecule has 5 heteroatoms. The van der Waals surface area contributed by atoms with E-state index >= 15 is 0 Å². The minimum Gasteiger partial charge on any atom is -0.364 e. The van der Waals surface area contributed by atoms with Gasteiger partial charge in [-0.25, -0.2) is 4.79 Å². The summed E-state index contributed by atoms with van der Waals surface area (Å²) in [6.07, 6.45) is 10.8. The molecular weight excluding hydrogens is 316 g/mol. The van der Waals surface area contributed by atoms with Crippen LogP contribution in [0.4, 0.5) is 0 Å². The number of hydrogen-bond donors (Lipinski definition) is 0. The van der Waals surface area contributed by atoms with Crippen molar-refractivity contribution in [3.8, 4) is 0 Å². The molecule has 1 amide bonds. The zero-order valence-electron chi connectivity index (χ0n) is 16.8. The Morgan fingerprint density at radius 1 is 0.720 bits per heavy atom. The van der Waals surface area contributed by atoms with E-state index in [0.717, 1.165) is 77.5 Å². The van der Waals surface area contributed by atoms with Crippen molar-refractivity contribution in [2.45, 2.75) is 79.1 Å². The molecule has 0 heterocycles. The molecule has 0 aromatic heterocycles. The Balaban J connectivity index is 4.55. The van der Waals surface area contributed by atoms with E-state index in [0.29, 0.717) is 0 Å². The van der Waals surface area contributed by atoms with Crippen LogP contribution in [0.2, 0.25) is 0 Å². The summed E-state index contributed by atoms with van der Waals surface area (Å²) in [5.74, 6) is -0.570. The minimum atomic E-state index is -0.466. The van der Waals surface area contributed by atoms with E-state index in [1.54, 1.807) is 5.06 Å². The molecule has 0 aliphatic carbocycles. The van der Waals surface area contributed by atoms with Gasteiger partial charge in [0.2, 0.25) is 5.91 Å². The monoisotopic (exact) mass is 354 g/mol. The third-order valence-electron chi connectivity index (χ3n) is 3.98. The second kappa shape index (κ2) is 16.1. The highest BCUT2D eigenvalue weighted by Gasteiger charge is 2.12. The average molecular weight is 355 g/mol. The molecule has 0 atom stereocenters. The van der Waals surface area contributed by atoms with E-state index in [9.17, 15) is 9.59 Å². The molecule has 25 heavy (non-hydrogen) atoms. The molecule has 0 aromatic carbocycles. The van der Waals surface area contributed by atoms with Crippen molar-refractivity contribution in [2.24, 2.45) is 0 Å². The highest BCUT2D eigenvalue weighted by Crippen LogP contribution is 2.03. The molecule has 0 aromatic rings. The van der Waals surface area contributed by atoms with Gasteiger partial charge in [-0.05, 0) is 25.7 Å². The molecular formula is C20H38N2O3. The first-order valence-electron chi connectivity index (χ1n) is 10.0. The molecule has 5 nitrogen and oxygen atoms in total. The van der Waals surface area contributed by atoms with Gasteiger partial charge in [-0.3, -0.25) is 4.79 Å². The van der Waals surface area contributed by atoms with Crippen molar-refractivity contribution in [3.63, 3.8) is 0 Å². The molecule has 0 radical (unpaired) electrons. The van der Waals surface area contributed by atoms with Crippen molar-refractivity contribution in [1.29, 1.82) is 0 Å². The molecule has 146 valence electrons. The Kier molecular flexibility index (Phi) is 15.2. The van der Waals surface area contributed by atoms with Gasteiger partial charge in [0.05, 0.1) is 0 Å². The lowest BCUT2D eigenvalue weighted by atomic mass is 10.2. The van der Waals surface area contributed by atoms with Crippen molar-refractivity contribution in [2.75, 3.05) is 26.2 Å². The fraction of sp³-hybridized carbons (Fsp3) is 0.800. The van der Waals surface area contributed by atoms with Crippen LogP contribution in [0.3, 0.4) is 0 Å². The molecule has 0 N–H and O–H groups in total. The van der Waals surface area contributed by atoms with Crippen LogP contribution in [0.25, 0.3) is 0 Å². The van der Waals surface area contributed by atoms with Crippen molar-refractivity contribution >= 4 is 11.9 Å². The molecule has 0 unspecified atom stereocenters. The van der Waals surface area contributed by atoms with Crippen LogP contribution >= 0.6 is 0 Å². The van der Waals surface area contributed by atoms with Crippen LogP contribution in [0.5, 0.6) is 0 Å². The third kappa shape index (κ3) is 12.6. The van der Waals surface area contributed by atoms with Gasteiger partial charge in [0.1, 0.15) is 0 Å². The molecule has 0 spiro atoms. The van der Waals surface area contributed by atoms with Crippen LogP contribution in [0.15, 0.2) is 12.2 Å². The van der Waals surface area contributed by atoms with E-state index < -0.39 is 5.97 Å². The number of unbranched alkanes of at least 4 members (excludes halogenated alkanes) is 4. The average Bonchev–Trinajstić information content (AvgIpc) is 2.62. The largest absolute Gasteiger partial charge is 0.364 e. The lowest BCUT2D eigenvalue weighted by molar-refractivity contribution is -0.184. The normalized spacial score (nSPS) is 11.2. The number of nitrogens with zero attached hydrogens (tertiary/aromatic N) is 2. The van der Waals surface area contributed by atoms with E-state index in [-0.39, 0.29) is 5.91 Å². The third-order valence-corrected chi connectivity index (χ3v) is 3.98. The fourth-order valence-electron chi connectivity index (χ4n) is 2.30. The van der Waals surface area contributed by atoms with Crippen molar-refractivity contribution in [3.05, 3.63) is 12.2 Å². The van der Waals surface area contributed by atoms with E-state index in [1.165, 1.54) is 12.2 Å². The Morgan fingerprint density at radius 3 is 1.60 bits per heavy atom. The van der Waals surface area contributed by atoms with Crippen molar-refractivity contribution in [1.82, 2.24) is 9.96 Å². The van der Waals surface area contributed by atoms with Gasteiger partial charge in [0.25, 0.3) is 0 Å². The second-order valence-electron chi connectivity index (χ2n) is 6.41. The molecule has 0 rings (SSSR count). The topological polar surface area (TPSA) is 49.9 Å². The SMILES string of the molecule is CCCCN(CCCC)OC(=O)/C=C\C(=O)N(CCCC)CCCC. The lowest BCUT2D eigenvalue weighted by Gasteiger charge is -2.21. The van der Waals surface area contributed by atoms with Gasteiger partial charge in [0.15, 0.2) is 0 Å². The smallest absolute Gasteiger partial charge is 0.349 e. The minimum absolute atomic E-state index is 0.104. The van der Waals surface area contributed by atoms with Crippen LogP contribution in [-0.2, 0) is 14.4 Å². The second-order valence-corrected chi connectivity index (χ2v) is 6.41. The Morgan fingerprint density at radius 2 is 1.16 bits per heavy atom. The Bertz CT molecular complexity index is 367. The molecule has 0 bridgehead atoms. The van der Waals surface area contributed by atoms with E-state index in [2.05, 4.69) is 27.7 Å². The summed E-state index contributed by atoms with van der Waals surface area (Å²) < 4.78 is 0. The maximum atomic E-state index is 12.3. The van der Waals surface area contributed by atoms with Gasteiger partial charge in [0, 0.05) is 38.3 Å². The number of hydrogen-bond acceptors (Lipinski definition) is 4. The molecule has 0 saturated carbocycles. The van der Waals surface area contributed by atoms with Gasteiger partial charge in [-0.2, -0.15) is 0 Å². The first-order chi connectivity index (χ1) is 12.1. The zero-order valence-corrected chi connectivity index (χ0v) is 16.8. The first-order valence-corrected chi connectivity index (χ1v) is 10.0. The maximum absolute atomic E-state index is 12.3. The molecule has 0 fully saturated rings. The number of rotatable bonds is 15. The zero-order chi connectivity index (χ0) is 18.9. The van der Waals surface area contributed by atoms with Crippen molar-refractivity contribution < 1.29 is 14.4 Å². The van der Waals surface area contributed by atoms with Gasteiger partial charge < -0.3 is 9.74 Å². The van der Waals surface area contributed by atoms with E-state index in [4.69, 9.17) is 4.84 Å². The number of carbonyl (C=O) groups excluding carboxylic acids is 2. The predicted octanol–water partition coefficient (Wildman–Crippen LogP) is 4.33. The maximum Gasteiger partial charge on any atom is 0.349 e. The summed E-state index contributed by atoms with van der Waals surface area (Å²) in [6, 6.07) is 0. The van der Waals surface area contributed by atoms with Gasteiger partial charge >= 0.3 is 5.97 Å². The number of carbonyl (C=O) groups is 2. The standard InChI is InChI=1S/C20H38N2O3/c1-5-9-15-21(16-10-6-2)19(23)13-14-20(24)25-22(17-11-7-3)18-12-8-4/h13-14H,5-12,15-18H2,1-4H3/b14-13-. The molecule has 0 aliphatic heterocycles. The van der Waals surface area contributed by atoms with Crippen LogP contribution < -0.4 is 0 Å². The fourth-order valence-corrected chi connectivity index (χ4v) is 2.30. The summed E-state index contributed by atoms with van der Waals surface area (Å²) >= 11 is 0. The summed E-state index contributed by atoms with van der Waals surface area (Å²) in [6.45, 7) is 11.4. The van der Waals surface area contributed by atoms with E-state index in [1.807, 2.05) is 4.90 Å². The lowest BCUT2D eigenvalue weighted by Crippen LogP contribution is -2.32. The van der Waals surface area contributed by atoms with Gasteiger partial charge in [-0.15, -0.1) is 5.06 Å². The highest BCUT2D eigenvalue weighted by molar-refractivity contribution is 5.94. The number of hydroxylamine groups is 2. The Hall–Kier alpha value is -1.36. The Labute approximate surface area is 154 Å². The highest BCUT2D eigenvalue weighted by atomic mass is 16.7. The summed E-state index contributed by atoms with van der Waals surface area (Å²) in [5, 5.41) is 1.72. The van der Waals surface area contributed by atoms with Crippen LogP contribution in [0, 0.1) is 0 Å². The van der Waals surface area contributed by atoms with Crippen LogP contribution in [0.1, 0.15) is 79.1 Å². The summed E-state index contributed by atoms with van der Waals surface area (Å²) in [7, 11) is 0. The molecule has 0 aliphatic rings. The predicted molar refractivity (Wildman–Crippen MR) is 103 cm³/mol. The van der Waals surface area contributed by atoms with Crippen LogP contribution in [-0.4, -0.2) is 48.0 Å². The number of amides is 1. The molecule has 0 saturated heterocycles. The van der Waals surface area contributed by atoms with Gasteiger partial charge in [-0.1, -0.05) is 53.4 Å². The quantitative estimate of drug-likeness (QED) is 0.324. The first kappa shape index (κ1) is 23.6. The summed E-state index contributed by atoms with van der Waals surface area (Å²) in [5.41, 5.74) is 0.